The number of aromatic nitrogens is 6. The van der Waals surface area contributed by atoms with Crippen LogP contribution in [0.15, 0.2) is 52.3 Å². The normalized spacial score (nSPS) is 11.0. The predicted molar refractivity (Wildman–Crippen MR) is 111 cm³/mol. The fourth-order valence-corrected chi connectivity index (χ4v) is 3.26. The van der Waals surface area contributed by atoms with E-state index in [2.05, 4.69) is 20.5 Å². The van der Waals surface area contributed by atoms with Crippen molar-refractivity contribution in [2.75, 3.05) is 5.32 Å². The van der Waals surface area contributed by atoms with Gasteiger partial charge in [-0.15, -0.1) is 10.2 Å². The van der Waals surface area contributed by atoms with E-state index in [0.717, 1.165) is 15.7 Å². The van der Waals surface area contributed by atoms with Gasteiger partial charge in [0.05, 0.1) is 12.0 Å². The lowest BCUT2D eigenvalue weighted by Crippen LogP contribution is -2.37. The Bertz CT molecular complexity index is 1380. The largest absolute Gasteiger partial charge is 0.332 e. The first kappa shape index (κ1) is 19.2. The number of nitrogens with zero attached hydrogens (tertiary/aromatic N) is 6. The van der Waals surface area contributed by atoms with Gasteiger partial charge in [-0.25, -0.2) is 9.78 Å². The zero-order valence-electron chi connectivity index (χ0n) is 16.7. The molecular weight excluding hydrogens is 386 g/mol. The van der Waals surface area contributed by atoms with Crippen LogP contribution in [0.4, 0.5) is 5.82 Å². The molecule has 1 aromatic carbocycles. The first-order chi connectivity index (χ1) is 14.4. The van der Waals surface area contributed by atoms with Gasteiger partial charge in [0, 0.05) is 19.7 Å². The van der Waals surface area contributed by atoms with Gasteiger partial charge in [0.2, 0.25) is 5.91 Å². The van der Waals surface area contributed by atoms with Gasteiger partial charge in [-0.3, -0.25) is 18.7 Å². The van der Waals surface area contributed by atoms with E-state index < -0.39 is 17.2 Å². The number of amides is 1. The summed E-state index contributed by atoms with van der Waals surface area (Å²) in [6.45, 7) is 1.83. The molecule has 10 nitrogen and oxygen atoms in total. The second-order valence-corrected chi connectivity index (χ2v) is 6.92. The first-order valence-electron chi connectivity index (χ1n) is 9.17. The Morgan fingerprint density at radius 2 is 1.80 bits per heavy atom. The summed E-state index contributed by atoms with van der Waals surface area (Å²) >= 11 is 0. The van der Waals surface area contributed by atoms with Gasteiger partial charge < -0.3 is 9.88 Å². The molecule has 0 spiro atoms. The summed E-state index contributed by atoms with van der Waals surface area (Å²) in [5.74, 6) is -0.106. The molecule has 0 aliphatic heterocycles. The molecule has 0 radical (unpaired) electrons. The van der Waals surface area contributed by atoms with E-state index in [1.54, 1.807) is 12.1 Å². The molecule has 10 heteroatoms. The van der Waals surface area contributed by atoms with Crippen LogP contribution in [0.1, 0.15) is 5.56 Å². The minimum atomic E-state index is -0.513. The van der Waals surface area contributed by atoms with Gasteiger partial charge in [0.15, 0.2) is 17.0 Å². The van der Waals surface area contributed by atoms with E-state index in [9.17, 15) is 14.4 Å². The molecule has 3 aromatic heterocycles. The Morgan fingerprint density at radius 1 is 1.03 bits per heavy atom. The lowest BCUT2D eigenvalue weighted by atomic mass is 10.1. The monoisotopic (exact) mass is 405 g/mol. The van der Waals surface area contributed by atoms with E-state index in [1.807, 2.05) is 31.2 Å². The van der Waals surface area contributed by atoms with Gasteiger partial charge in [-0.05, 0) is 24.6 Å². The highest BCUT2D eigenvalue weighted by molar-refractivity contribution is 5.90. The van der Waals surface area contributed by atoms with Gasteiger partial charge >= 0.3 is 5.69 Å². The van der Waals surface area contributed by atoms with Crippen LogP contribution in [-0.2, 0) is 25.4 Å². The lowest BCUT2D eigenvalue weighted by molar-refractivity contribution is -0.116. The average molecular weight is 405 g/mol. The van der Waals surface area contributed by atoms with Gasteiger partial charge in [-0.1, -0.05) is 24.3 Å². The predicted octanol–water partition coefficient (Wildman–Crippen LogP) is 0.838. The minimum absolute atomic E-state index is 0.162. The number of imidazole rings is 1. The molecule has 0 atom stereocenters. The third-order valence-corrected chi connectivity index (χ3v) is 4.88. The van der Waals surface area contributed by atoms with E-state index in [4.69, 9.17) is 0 Å². The SMILES string of the molecule is Cc1ccccc1-c1ccc(NC(=O)Cn2cnc3c2c(=O)n(C)c(=O)n3C)nn1. The summed E-state index contributed by atoms with van der Waals surface area (Å²) < 4.78 is 3.65. The maximum Gasteiger partial charge on any atom is 0.332 e. The Morgan fingerprint density at radius 3 is 2.50 bits per heavy atom. The van der Waals surface area contributed by atoms with Crippen LogP contribution >= 0.6 is 0 Å². The molecule has 4 rings (SSSR count). The van der Waals surface area contributed by atoms with Crippen molar-refractivity contribution in [1.82, 2.24) is 28.9 Å². The topological polar surface area (TPSA) is 117 Å². The smallest absolute Gasteiger partial charge is 0.315 e. The van der Waals surface area contributed by atoms with Crippen LogP contribution in [0.2, 0.25) is 0 Å². The first-order valence-corrected chi connectivity index (χ1v) is 9.17. The van der Waals surface area contributed by atoms with E-state index in [1.165, 1.54) is 29.6 Å². The fourth-order valence-electron chi connectivity index (χ4n) is 3.26. The Hall–Kier alpha value is -4.08. The highest BCUT2D eigenvalue weighted by Crippen LogP contribution is 2.20. The lowest BCUT2D eigenvalue weighted by Gasteiger charge is -2.08. The summed E-state index contributed by atoms with van der Waals surface area (Å²) in [6.07, 6.45) is 1.36. The summed E-state index contributed by atoms with van der Waals surface area (Å²) in [5, 5.41) is 10.9. The average Bonchev–Trinajstić information content (AvgIpc) is 3.15. The van der Waals surface area contributed by atoms with Crippen molar-refractivity contribution in [3.05, 3.63) is 69.1 Å². The quantitative estimate of drug-likeness (QED) is 0.538. The zero-order chi connectivity index (χ0) is 21.4. The van der Waals surface area contributed by atoms with Crippen molar-refractivity contribution in [2.45, 2.75) is 13.5 Å². The molecule has 0 saturated carbocycles. The fraction of sp³-hybridized carbons (Fsp3) is 0.200. The minimum Gasteiger partial charge on any atom is -0.315 e. The van der Waals surface area contributed by atoms with E-state index >= 15 is 0 Å². The molecule has 0 bridgehead atoms. The van der Waals surface area contributed by atoms with Gasteiger partial charge in [0.25, 0.3) is 5.56 Å². The number of anilines is 1. The molecule has 0 saturated heterocycles. The molecule has 4 aromatic rings. The molecule has 0 unspecified atom stereocenters. The molecular formula is C20H19N7O3. The van der Waals surface area contributed by atoms with Crippen LogP contribution in [-0.4, -0.2) is 34.8 Å². The zero-order valence-corrected chi connectivity index (χ0v) is 16.7. The molecule has 1 amide bonds. The Kier molecular flexibility index (Phi) is 4.74. The summed E-state index contributed by atoms with van der Waals surface area (Å²) in [7, 11) is 2.90. The highest BCUT2D eigenvalue weighted by Gasteiger charge is 2.16. The van der Waals surface area contributed by atoms with Gasteiger partial charge in [0.1, 0.15) is 6.54 Å². The van der Waals surface area contributed by atoms with Crippen molar-refractivity contribution in [3.63, 3.8) is 0 Å². The van der Waals surface area contributed by atoms with Crippen molar-refractivity contribution in [2.24, 2.45) is 14.1 Å². The number of hydrogen-bond donors (Lipinski definition) is 1. The third-order valence-electron chi connectivity index (χ3n) is 4.88. The molecule has 0 aliphatic rings. The van der Waals surface area contributed by atoms with Gasteiger partial charge in [-0.2, -0.15) is 0 Å². The molecule has 30 heavy (non-hydrogen) atoms. The highest BCUT2D eigenvalue weighted by atomic mass is 16.2. The maximum absolute atomic E-state index is 12.5. The number of benzene rings is 1. The van der Waals surface area contributed by atoms with Crippen LogP contribution < -0.4 is 16.6 Å². The van der Waals surface area contributed by atoms with Crippen molar-refractivity contribution in [1.29, 1.82) is 0 Å². The van der Waals surface area contributed by atoms with E-state index in [-0.39, 0.29) is 17.7 Å². The summed E-state index contributed by atoms with van der Waals surface area (Å²) in [6, 6.07) is 11.3. The molecule has 1 N–H and O–H groups in total. The number of aryl methyl sites for hydroxylation is 2. The standard InChI is InChI=1S/C20H19N7O3/c1-12-6-4-5-7-13(12)14-8-9-15(24-23-14)22-16(28)10-27-11-21-18-17(27)19(29)26(3)20(30)25(18)2/h4-9,11H,10H2,1-3H3,(H,22,24,28). The molecule has 152 valence electrons. The summed E-state index contributed by atoms with van der Waals surface area (Å²) in [5.41, 5.74) is 2.15. The number of carbonyl (C=O) groups excluding carboxylic acids is 1. The number of carbonyl (C=O) groups is 1. The summed E-state index contributed by atoms with van der Waals surface area (Å²) in [4.78, 5) is 41.0. The molecule has 0 fully saturated rings. The van der Waals surface area contributed by atoms with Crippen molar-refractivity contribution < 1.29 is 4.79 Å². The number of nitrogens with one attached hydrogen (secondary N) is 1. The van der Waals surface area contributed by atoms with Crippen molar-refractivity contribution in [3.8, 4) is 11.3 Å². The second-order valence-electron chi connectivity index (χ2n) is 6.92. The Balaban J connectivity index is 1.55. The second kappa shape index (κ2) is 7.39. The Labute approximate surface area is 170 Å². The van der Waals surface area contributed by atoms with Crippen molar-refractivity contribution >= 4 is 22.9 Å². The van der Waals surface area contributed by atoms with Crippen LogP contribution in [0, 0.1) is 6.92 Å². The number of rotatable bonds is 4. The van der Waals surface area contributed by atoms with Crippen LogP contribution in [0.3, 0.4) is 0 Å². The maximum atomic E-state index is 12.5. The number of hydrogen-bond acceptors (Lipinski definition) is 6. The molecule has 0 aliphatic carbocycles. The number of fused-ring (bicyclic) bond motifs is 1. The van der Waals surface area contributed by atoms with Crippen LogP contribution in [0.25, 0.3) is 22.4 Å². The van der Waals surface area contributed by atoms with Crippen LogP contribution in [0.5, 0.6) is 0 Å². The van der Waals surface area contributed by atoms with E-state index in [0.29, 0.717) is 11.5 Å². The molecule has 3 heterocycles. The third kappa shape index (κ3) is 3.28.